The van der Waals surface area contributed by atoms with Crippen LogP contribution in [0.15, 0.2) is 30.3 Å². The monoisotopic (exact) mass is 263 g/mol. The molecule has 1 amide bonds. The molecular weight excluding hydrogens is 238 g/mol. The largest absolute Gasteiger partial charge is 0.360 e. The molecule has 0 aliphatic rings. The molecule has 0 saturated heterocycles. The van der Waals surface area contributed by atoms with Gasteiger partial charge in [0.1, 0.15) is 6.04 Å². The van der Waals surface area contributed by atoms with E-state index in [0.717, 1.165) is 31.6 Å². The molecular formula is C15H25N3O. The summed E-state index contributed by atoms with van der Waals surface area (Å²) >= 11 is 0. The molecule has 4 heteroatoms. The fourth-order valence-corrected chi connectivity index (χ4v) is 1.96. The predicted octanol–water partition coefficient (Wildman–Crippen LogP) is 1.76. The van der Waals surface area contributed by atoms with E-state index in [0.29, 0.717) is 6.54 Å². The lowest BCUT2D eigenvalue weighted by Crippen LogP contribution is -2.46. The van der Waals surface area contributed by atoms with Gasteiger partial charge in [-0.3, -0.25) is 4.79 Å². The van der Waals surface area contributed by atoms with E-state index in [9.17, 15) is 4.79 Å². The Hall–Kier alpha value is -1.55. The van der Waals surface area contributed by atoms with Gasteiger partial charge >= 0.3 is 0 Å². The lowest BCUT2D eigenvalue weighted by atomic mass is 10.2. The van der Waals surface area contributed by atoms with E-state index >= 15 is 0 Å². The number of carbonyl (C=O) groups is 1. The Labute approximate surface area is 116 Å². The Morgan fingerprint density at radius 1 is 1.37 bits per heavy atom. The molecule has 0 spiro atoms. The van der Waals surface area contributed by atoms with Gasteiger partial charge in [0.05, 0.1) is 0 Å². The van der Waals surface area contributed by atoms with Gasteiger partial charge in [0.2, 0.25) is 5.91 Å². The maximum Gasteiger partial charge on any atom is 0.242 e. The first-order chi connectivity index (χ1) is 9.20. The molecule has 0 heterocycles. The average Bonchev–Trinajstić information content (AvgIpc) is 2.46. The highest BCUT2D eigenvalue weighted by atomic mass is 16.2. The molecule has 106 valence electrons. The molecule has 1 atom stereocenters. The second-order valence-corrected chi connectivity index (χ2v) is 4.64. The van der Waals surface area contributed by atoms with E-state index in [1.165, 1.54) is 0 Å². The van der Waals surface area contributed by atoms with Gasteiger partial charge in [-0.1, -0.05) is 25.1 Å². The van der Waals surface area contributed by atoms with Crippen LogP contribution < -0.4 is 16.0 Å². The van der Waals surface area contributed by atoms with Crippen molar-refractivity contribution in [2.45, 2.75) is 32.7 Å². The summed E-state index contributed by atoms with van der Waals surface area (Å²) < 4.78 is 0. The highest BCUT2D eigenvalue weighted by molar-refractivity contribution is 5.84. The summed E-state index contributed by atoms with van der Waals surface area (Å²) in [7, 11) is 0. The van der Waals surface area contributed by atoms with Crippen molar-refractivity contribution in [1.82, 2.24) is 5.32 Å². The van der Waals surface area contributed by atoms with Crippen molar-refractivity contribution in [2.75, 3.05) is 24.5 Å². The molecule has 19 heavy (non-hydrogen) atoms. The van der Waals surface area contributed by atoms with Crippen molar-refractivity contribution in [3.05, 3.63) is 30.3 Å². The molecule has 3 N–H and O–H groups in total. The van der Waals surface area contributed by atoms with E-state index in [4.69, 9.17) is 5.73 Å². The minimum absolute atomic E-state index is 0.0720. The first-order valence-corrected chi connectivity index (χ1v) is 7.00. The zero-order valence-electron chi connectivity index (χ0n) is 11.9. The van der Waals surface area contributed by atoms with Crippen molar-refractivity contribution in [3.8, 4) is 0 Å². The SMILES string of the molecule is CCCNC(=O)C(C)N(CCCN)c1ccccc1. The second-order valence-electron chi connectivity index (χ2n) is 4.64. The molecule has 1 unspecified atom stereocenters. The number of nitrogens with one attached hydrogen (secondary N) is 1. The second kappa shape index (κ2) is 8.53. The van der Waals surface area contributed by atoms with Crippen molar-refractivity contribution < 1.29 is 4.79 Å². The van der Waals surface area contributed by atoms with Crippen LogP contribution in [0.4, 0.5) is 5.69 Å². The minimum Gasteiger partial charge on any atom is -0.360 e. The van der Waals surface area contributed by atoms with Crippen LogP contribution in [-0.2, 0) is 4.79 Å². The molecule has 1 aromatic carbocycles. The first kappa shape index (κ1) is 15.5. The van der Waals surface area contributed by atoms with Gasteiger partial charge < -0.3 is 16.0 Å². The quantitative estimate of drug-likeness (QED) is 0.751. The molecule has 0 saturated carbocycles. The van der Waals surface area contributed by atoms with Crippen LogP contribution in [-0.4, -0.2) is 31.6 Å². The normalized spacial score (nSPS) is 11.9. The molecule has 1 rings (SSSR count). The summed E-state index contributed by atoms with van der Waals surface area (Å²) in [6.07, 6.45) is 1.83. The van der Waals surface area contributed by atoms with Gasteiger partial charge in [0.15, 0.2) is 0 Å². The number of amides is 1. The maximum absolute atomic E-state index is 12.1. The molecule has 1 aromatic rings. The molecule has 0 aliphatic heterocycles. The van der Waals surface area contributed by atoms with Gasteiger partial charge in [0.25, 0.3) is 0 Å². The molecule has 0 fully saturated rings. The lowest BCUT2D eigenvalue weighted by molar-refractivity contribution is -0.122. The highest BCUT2D eigenvalue weighted by Gasteiger charge is 2.20. The number of rotatable bonds is 8. The van der Waals surface area contributed by atoms with Crippen LogP contribution in [0, 0.1) is 0 Å². The summed E-state index contributed by atoms with van der Waals surface area (Å²) in [4.78, 5) is 14.2. The summed E-state index contributed by atoms with van der Waals surface area (Å²) in [6, 6.07) is 9.83. The van der Waals surface area contributed by atoms with Crippen molar-refractivity contribution in [2.24, 2.45) is 5.73 Å². The van der Waals surface area contributed by atoms with Crippen LogP contribution in [0.1, 0.15) is 26.7 Å². The predicted molar refractivity (Wildman–Crippen MR) is 80.2 cm³/mol. The minimum atomic E-state index is -0.180. The summed E-state index contributed by atoms with van der Waals surface area (Å²) in [5.41, 5.74) is 6.65. The Balaban J connectivity index is 2.75. The zero-order valence-corrected chi connectivity index (χ0v) is 11.9. The number of nitrogens with zero attached hydrogens (tertiary/aromatic N) is 1. The molecule has 0 bridgehead atoms. The Kier molecular flexibility index (Phi) is 6.97. The fourth-order valence-electron chi connectivity index (χ4n) is 1.96. The molecule has 0 aliphatic carbocycles. The summed E-state index contributed by atoms with van der Waals surface area (Å²) in [5, 5.41) is 2.95. The number of benzene rings is 1. The number of nitrogens with two attached hydrogens (primary N) is 1. The van der Waals surface area contributed by atoms with Crippen LogP contribution in [0.25, 0.3) is 0 Å². The Morgan fingerprint density at radius 3 is 2.63 bits per heavy atom. The third kappa shape index (κ3) is 4.91. The zero-order chi connectivity index (χ0) is 14.1. The maximum atomic E-state index is 12.1. The van der Waals surface area contributed by atoms with E-state index in [2.05, 4.69) is 10.2 Å². The number of hydrogen-bond donors (Lipinski definition) is 2. The molecule has 0 radical (unpaired) electrons. The molecule has 4 nitrogen and oxygen atoms in total. The van der Waals surface area contributed by atoms with Gasteiger partial charge in [-0.25, -0.2) is 0 Å². The van der Waals surface area contributed by atoms with Gasteiger partial charge in [-0.15, -0.1) is 0 Å². The first-order valence-electron chi connectivity index (χ1n) is 7.00. The van der Waals surface area contributed by atoms with Crippen LogP contribution in [0.3, 0.4) is 0 Å². The number of para-hydroxylation sites is 1. The van der Waals surface area contributed by atoms with Crippen molar-refractivity contribution >= 4 is 11.6 Å². The summed E-state index contributed by atoms with van der Waals surface area (Å²) in [5.74, 6) is 0.0720. The van der Waals surface area contributed by atoms with Gasteiger partial charge in [-0.2, -0.15) is 0 Å². The van der Waals surface area contributed by atoms with Crippen LogP contribution >= 0.6 is 0 Å². The third-order valence-corrected chi connectivity index (χ3v) is 3.09. The van der Waals surface area contributed by atoms with Crippen molar-refractivity contribution in [3.63, 3.8) is 0 Å². The average molecular weight is 263 g/mol. The lowest BCUT2D eigenvalue weighted by Gasteiger charge is -2.30. The van der Waals surface area contributed by atoms with Crippen molar-refractivity contribution in [1.29, 1.82) is 0 Å². The number of hydrogen-bond acceptors (Lipinski definition) is 3. The van der Waals surface area contributed by atoms with Crippen LogP contribution in [0.2, 0.25) is 0 Å². The Morgan fingerprint density at radius 2 is 2.05 bits per heavy atom. The third-order valence-electron chi connectivity index (χ3n) is 3.09. The van der Waals surface area contributed by atoms with Gasteiger partial charge in [0, 0.05) is 18.8 Å². The smallest absolute Gasteiger partial charge is 0.242 e. The topological polar surface area (TPSA) is 58.4 Å². The van der Waals surface area contributed by atoms with E-state index in [-0.39, 0.29) is 11.9 Å². The van der Waals surface area contributed by atoms with E-state index in [1.54, 1.807) is 0 Å². The summed E-state index contributed by atoms with van der Waals surface area (Å²) in [6.45, 7) is 6.14. The Bertz CT molecular complexity index is 367. The van der Waals surface area contributed by atoms with E-state index in [1.807, 2.05) is 44.2 Å². The van der Waals surface area contributed by atoms with E-state index < -0.39 is 0 Å². The van der Waals surface area contributed by atoms with Crippen LogP contribution in [0.5, 0.6) is 0 Å². The highest BCUT2D eigenvalue weighted by Crippen LogP contribution is 2.16. The number of anilines is 1. The van der Waals surface area contributed by atoms with Gasteiger partial charge in [-0.05, 0) is 38.4 Å². The fraction of sp³-hybridized carbons (Fsp3) is 0.533. The molecule has 0 aromatic heterocycles. The standard InChI is InChI=1S/C15H25N3O/c1-3-11-17-15(19)13(2)18(12-7-10-16)14-8-5-4-6-9-14/h4-6,8-9,13H,3,7,10-12,16H2,1-2H3,(H,17,19). The number of carbonyl (C=O) groups excluding carboxylic acids is 1.